The number of fused-ring (bicyclic) bond motifs is 1. The van der Waals surface area contributed by atoms with Gasteiger partial charge >= 0.3 is 0 Å². The lowest BCUT2D eigenvalue weighted by molar-refractivity contribution is -0.136. The van der Waals surface area contributed by atoms with Gasteiger partial charge in [0.1, 0.15) is 6.04 Å². The maximum Gasteiger partial charge on any atom is 0.262 e. The summed E-state index contributed by atoms with van der Waals surface area (Å²) in [6.07, 6.45) is 0.247. The predicted molar refractivity (Wildman–Crippen MR) is 106 cm³/mol. The highest BCUT2D eigenvalue weighted by Gasteiger charge is 2.44. The quantitative estimate of drug-likeness (QED) is 0.669. The molecule has 1 atom stereocenters. The Kier molecular flexibility index (Phi) is 4.75. The van der Waals surface area contributed by atoms with Crippen molar-refractivity contribution in [3.05, 3.63) is 59.2 Å². The van der Waals surface area contributed by atoms with E-state index in [1.165, 1.54) is 0 Å². The monoisotopic (exact) mass is 392 g/mol. The lowest BCUT2D eigenvalue weighted by Crippen LogP contribution is -2.54. The fourth-order valence-corrected chi connectivity index (χ4v) is 3.62. The molecule has 0 bridgehead atoms. The molecule has 0 spiro atoms. The zero-order valence-corrected chi connectivity index (χ0v) is 15.8. The summed E-state index contributed by atoms with van der Waals surface area (Å²) >= 11 is 0. The number of benzene rings is 2. The first-order valence-corrected chi connectivity index (χ1v) is 9.34. The highest BCUT2D eigenvalue weighted by Crippen LogP contribution is 2.28. The van der Waals surface area contributed by atoms with Crippen LogP contribution in [0, 0.1) is 0 Å². The van der Waals surface area contributed by atoms with Crippen LogP contribution < -0.4 is 16.0 Å². The van der Waals surface area contributed by atoms with Crippen LogP contribution in [0.5, 0.6) is 0 Å². The second-order valence-electron chi connectivity index (χ2n) is 7.01. The fraction of sp³-hybridized carbons (Fsp3) is 0.238. The number of nitrogens with zero attached hydrogens (tertiary/aromatic N) is 1. The topological polar surface area (TPSA) is 108 Å². The number of carbonyl (C=O) groups is 4. The van der Waals surface area contributed by atoms with E-state index in [4.69, 9.17) is 0 Å². The van der Waals surface area contributed by atoms with E-state index in [2.05, 4.69) is 16.0 Å². The van der Waals surface area contributed by atoms with Gasteiger partial charge in [0, 0.05) is 31.4 Å². The molecule has 3 N–H and O–H groups in total. The molecular weight excluding hydrogens is 372 g/mol. The maximum absolute atomic E-state index is 12.9. The number of rotatable bonds is 5. The summed E-state index contributed by atoms with van der Waals surface area (Å²) in [5.41, 5.74) is 3.29. The number of piperidine rings is 1. The van der Waals surface area contributed by atoms with Gasteiger partial charge in [0.15, 0.2) is 0 Å². The summed E-state index contributed by atoms with van der Waals surface area (Å²) in [7, 11) is 1.84. The molecule has 8 nitrogen and oxygen atoms in total. The van der Waals surface area contributed by atoms with Crippen molar-refractivity contribution in [1.82, 2.24) is 10.2 Å². The second-order valence-corrected chi connectivity index (χ2v) is 7.01. The third-order valence-electron chi connectivity index (χ3n) is 5.15. The zero-order valence-electron chi connectivity index (χ0n) is 15.8. The average molecular weight is 392 g/mol. The Bertz CT molecular complexity index is 1030. The molecule has 1 fully saturated rings. The fourth-order valence-electron chi connectivity index (χ4n) is 3.62. The first-order chi connectivity index (χ1) is 14.0. The van der Waals surface area contributed by atoms with Gasteiger partial charge in [-0.3, -0.25) is 29.4 Å². The third-order valence-corrected chi connectivity index (χ3v) is 5.15. The Morgan fingerprint density at radius 3 is 2.52 bits per heavy atom. The molecule has 148 valence electrons. The number of anilines is 2. The molecule has 0 radical (unpaired) electrons. The largest absolute Gasteiger partial charge is 0.388 e. The molecule has 8 heteroatoms. The van der Waals surface area contributed by atoms with E-state index in [-0.39, 0.29) is 24.0 Å². The Balaban J connectivity index is 1.52. The van der Waals surface area contributed by atoms with Gasteiger partial charge in [-0.05, 0) is 42.3 Å². The van der Waals surface area contributed by atoms with Gasteiger partial charge in [-0.15, -0.1) is 0 Å². The molecule has 0 aliphatic carbocycles. The van der Waals surface area contributed by atoms with Crippen LogP contribution >= 0.6 is 0 Å². The van der Waals surface area contributed by atoms with Crippen LogP contribution in [0.15, 0.2) is 42.5 Å². The highest BCUT2D eigenvalue weighted by molar-refractivity contribution is 6.23. The van der Waals surface area contributed by atoms with E-state index in [1.54, 1.807) is 18.2 Å². The van der Waals surface area contributed by atoms with Gasteiger partial charge < -0.3 is 10.6 Å². The third kappa shape index (κ3) is 3.44. The van der Waals surface area contributed by atoms with Crippen molar-refractivity contribution < 1.29 is 19.2 Å². The van der Waals surface area contributed by atoms with Crippen molar-refractivity contribution in [2.75, 3.05) is 17.7 Å². The molecule has 0 aromatic heterocycles. The standard InChI is InChI=1S/C21H20N4O4/c1-22-13-3-2-4-14(10-13)23-11-12-5-6-15-16(9-12)21(29)25(20(15)28)17-7-8-18(26)24-19(17)27/h2-6,9-10,17,22-23H,7-8,11H2,1H3,(H,24,26,27). The van der Waals surface area contributed by atoms with E-state index < -0.39 is 29.7 Å². The van der Waals surface area contributed by atoms with E-state index in [9.17, 15) is 19.2 Å². The molecule has 2 aromatic rings. The van der Waals surface area contributed by atoms with E-state index in [0.29, 0.717) is 6.54 Å². The first kappa shape index (κ1) is 18.7. The van der Waals surface area contributed by atoms with Crippen molar-refractivity contribution >= 4 is 35.0 Å². The molecule has 1 unspecified atom stereocenters. The van der Waals surface area contributed by atoms with Crippen LogP contribution in [0.4, 0.5) is 11.4 Å². The van der Waals surface area contributed by atoms with Crippen molar-refractivity contribution in [3.63, 3.8) is 0 Å². The number of carbonyl (C=O) groups excluding carboxylic acids is 4. The molecule has 2 heterocycles. The van der Waals surface area contributed by atoms with E-state index in [0.717, 1.165) is 21.8 Å². The minimum Gasteiger partial charge on any atom is -0.388 e. The molecule has 2 aliphatic heterocycles. The summed E-state index contributed by atoms with van der Waals surface area (Å²) in [4.78, 5) is 50.0. The summed E-state index contributed by atoms with van der Waals surface area (Å²) in [6, 6.07) is 11.9. The lowest BCUT2D eigenvalue weighted by atomic mass is 10.0. The maximum atomic E-state index is 12.9. The zero-order chi connectivity index (χ0) is 20.5. The summed E-state index contributed by atoms with van der Waals surface area (Å²) in [6.45, 7) is 0.473. The number of imide groups is 2. The van der Waals surface area contributed by atoms with Crippen LogP contribution in [0.1, 0.15) is 39.1 Å². The van der Waals surface area contributed by atoms with Crippen molar-refractivity contribution in [1.29, 1.82) is 0 Å². The summed E-state index contributed by atoms with van der Waals surface area (Å²) in [5, 5.41) is 8.55. The number of hydrogen-bond donors (Lipinski definition) is 3. The number of amides is 4. The Labute approximate surface area is 167 Å². The molecule has 2 aromatic carbocycles. The van der Waals surface area contributed by atoms with Crippen molar-refractivity contribution in [2.45, 2.75) is 25.4 Å². The smallest absolute Gasteiger partial charge is 0.262 e. The van der Waals surface area contributed by atoms with Crippen molar-refractivity contribution in [3.8, 4) is 0 Å². The normalized spacial score (nSPS) is 18.5. The van der Waals surface area contributed by atoms with Gasteiger partial charge in [0.05, 0.1) is 11.1 Å². The van der Waals surface area contributed by atoms with Crippen LogP contribution in [-0.2, 0) is 16.1 Å². The van der Waals surface area contributed by atoms with Gasteiger partial charge in [-0.2, -0.15) is 0 Å². The molecule has 1 saturated heterocycles. The first-order valence-electron chi connectivity index (χ1n) is 9.34. The Morgan fingerprint density at radius 2 is 1.76 bits per heavy atom. The van der Waals surface area contributed by atoms with Gasteiger partial charge in [0.25, 0.3) is 11.8 Å². The summed E-state index contributed by atoms with van der Waals surface area (Å²) < 4.78 is 0. The molecule has 4 amide bonds. The Morgan fingerprint density at radius 1 is 1.00 bits per heavy atom. The minimum atomic E-state index is -0.953. The minimum absolute atomic E-state index is 0.102. The number of hydrogen-bond acceptors (Lipinski definition) is 6. The highest BCUT2D eigenvalue weighted by atomic mass is 16.2. The Hall–Kier alpha value is -3.68. The second kappa shape index (κ2) is 7.38. The molecule has 29 heavy (non-hydrogen) atoms. The van der Waals surface area contributed by atoms with E-state index in [1.807, 2.05) is 31.3 Å². The SMILES string of the molecule is CNc1cccc(NCc2ccc3c(c2)C(=O)N(C2CCC(=O)NC2=O)C3=O)c1. The number of nitrogens with one attached hydrogen (secondary N) is 3. The average Bonchev–Trinajstić information content (AvgIpc) is 2.97. The molecule has 4 rings (SSSR count). The summed E-state index contributed by atoms with van der Waals surface area (Å²) in [5.74, 6) is -2.00. The molecular formula is C21H20N4O4. The van der Waals surface area contributed by atoms with E-state index >= 15 is 0 Å². The lowest BCUT2D eigenvalue weighted by Gasteiger charge is -2.27. The molecule has 2 aliphatic rings. The van der Waals surface area contributed by atoms with Crippen LogP contribution in [0.3, 0.4) is 0 Å². The van der Waals surface area contributed by atoms with Crippen LogP contribution in [0.25, 0.3) is 0 Å². The van der Waals surface area contributed by atoms with Crippen molar-refractivity contribution in [2.24, 2.45) is 0 Å². The van der Waals surface area contributed by atoms with Crippen LogP contribution in [-0.4, -0.2) is 41.6 Å². The van der Waals surface area contributed by atoms with Gasteiger partial charge in [0.2, 0.25) is 11.8 Å². The van der Waals surface area contributed by atoms with Crippen LogP contribution in [0.2, 0.25) is 0 Å². The van der Waals surface area contributed by atoms with Gasteiger partial charge in [-0.1, -0.05) is 12.1 Å². The predicted octanol–water partition coefficient (Wildman–Crippen LogP) is 1.74. The molecule has 0 saturated carbocycles. The van der Waals surface area contributed by atoms with Gasteiger partial charge in [-0.25, -0.2) is 0 Å².